The van der Waals surface area contributed by atoms with Crippen LogP contribution in [0.5, 0.6) is 0 Å². The van der Waals surface area contributed by atoms with Gasteiger partial charge in [-0.1, -0.05) is 0 Å². The number of carbonyl (C=O) groups is 1. The van der Waals surface area contributed by atoms with E-state index < -0.39 is 29.5 Å². The summed E-state index contributed by atoms with van der Waals surface area (Å²) in [6, 6.07) is -0.0415. The lowest BCUT2D eigenvalue weighted by molar-refractivity contribution is -0.469. The summed E-state index contributed by atoms with van der Waals surface area (Å²) in [7, 11) is 0. The predicted octanol–water partition coefficient (Wildman–Crippen LogP) is -0.279. The van der Waals surface area contributed by atoms with E-state index in [0.29, 0.717) is 19.5 Å². The maximum atomic E-state index is 12.6. The highest BCUT2D eigenvalue weighted by atomic mass is 16.9. The number of amides is 1. The van der Waals surface area contributed by atoms with E-state index in [0.717, 1.165) is 6.42 Å². The summed E-state index contributed by atoms with van der Waals surface area (Å²) in [6.45, 7) is 8.06. The molecule has 0 aromatic heterocycles. The number of fused-ring (bicyclic) bond motifs is 2. The number of aliphatic hydroxyl groups is 3. The van der Waals surface area contributed by atoms with Crippen molar-refractivity contribution in [1.82, 2.24) is 10.2 Å². The van der Waals surface area contributed by atoms with Gasteiger partial charge in [-0.3, -0.25) is 9.64 Å². The predicted molar refractivity (Wildman–Crippen MR) is 76.6 cm³/mol. The molecular weight excluding hydrogens is 292 g/mol. The van der Waals surface area contributed by atoms with E-state index in [-0.39, 0.29) is 6.04 Å². The molecule has 2 heterocycles. The van der Waals surface area contributed by atoms with Gasteiger partial charge in [0.2, 0.25) is 0 Å². The second-order valence-electron chi connectivity index (χ2n) is 7.11. The van der Waals surface area contributed by atoms with Crippen LogP contribution >= 0.6 is 0 Å². The SMILES string of the molecule is CC(OC(O)(O)O)C12CCC(CNC1)N2C(=O)OC(C)(C)C. The molecule has 2 saturated heterocycles. The van der Waals surface area contributed by atoms with Gasteiger partial charge in [0.1, 0.15) is 5.60 Å². The van der Waals surface area contributed by atoms with Crippen molar-refractivity contribution in [2.24, 2.45) is 0 Å². The van der Waals surface area contributed by atoms with Crippen molar-refractivity contribution >= 4 is 6.09 Å². The van der Waals surface area contributed by atoms with Crippen molar-refractivity contribution in [1.29, 1.82) is 0 Å². The number of nitrogens with one attached hydrogen (secondary N) is 1. The van der Waals surface area contributed by atoms with Crippen LogP contribution in [0.1, 0.15) is 40.5 Å². The Kier molecular flexibility index (Phi) is 4.44. The Labute approximate surface area is 130 Å². The minimum absolute atomic E-state index is 0.0415. The number of piperazine rings is 1. The van der Waals surface area contributed by atoms with Gasteiger partial charge in [0, 0.05) is 19.1 Å². The van der Waals surface area contributed by atoms with E-state index in [2.05, 4.69) is 5.32 Å². The Bertz CT molecular complexity index is 426. The summed E-state index contributed by atoms with van der Waals surface area (Å²) in [5.74, 6) is 0. The van der Waals surface area contributed by atoms with Gasteiger partial charge in [-0.25, -0.2) is 4.79 Å². The Morgan fingerprint density at radius 2 is 2.00 bits per heavy atom. The molecule has 22 heavy (non-hydrogen) atoms. The average molecular weight is 318 g/mol. The smallest absolute Gasteiger partial charge is 0.411 e. The van der Waals surface area contributed by atoms with E-state index >= 15 is 0 Å². The monoisotopic (exact) mass is 318 g/mol. The molecule has 8 heteroatoms. The molecule has 0 radical (unpaired) electrons. The van der Waals surface area contributed by atoms with Crippen LogP contribution in [0.2, 0.25) is 0 Å². The van der Waals surface area contributed by atoms with E-state index in [1.807, 2.05) is 0 Å². The van der Waals surface area contributed by atoms with Crippen LogP contribution in [0, 0.1) is 0 Å². The van der Waals surface area contributed by atoms with E-state index in [4.69, 9.17) is 24.8 Å². The summed E-state index contributed by atoms with van der Waals surface area (Å²) in [6.07, 6.45) is -3.09. The third-order valence-electron chi connectivity index (χ3n) is 4.25. The molecule has 0 saturated carbocycles. The lowest BCUT2D eigenvalue weighted by Crippen LogP contribution is -2.68. The number of nitrogens with zero attached hydrogens (tertiary/aromatic N) is 1. The number of hydrogen-bond donors (Lipinski definition) is 4. The van der Waals surface area contributed by atoms with Gasteiger partial charge in [-0.15, -0.1) is 0 Å². The third-order valence-corrected chi connectivity index (χ3v) is 4.25. The summed E-state index contributed by atoms with van der Waals surface area (Å²) < 4.78 is 10.4. The zero-order valence-corrected chi connectivity index (χ0v) is 13.5. The maximum absolute atomic E-state index is 12.6. The first-order valence-electron chi connectivity index (χ1n) is 7.53. The molecule has 4 N–H and O–H groups in total. The summed E-state index contributed by atoms with van der Waals surface area (Å²) in [4.78, 5) is 14.2. The van der Waals surface area contributed by atoms with Crippen molar-refractivity contribution in [3.05, 3.63) is 0 Å². The lowest BCUT2D eigenvalue weighted by atomic mass is 9.89. The number of carbonyl (C=O) groups excluding carboxylic acids is 1. The number of hydrogen-bond acceptors (Lipinski definition) is 7. The summed E-state index contributed by atoms with van der Waals surface area (Å²) in [5.41, 5.74) is -1.41. The zero-order chi connectivity index (χ0) is 16.8. The second kappa shape index (κ2) is 5.61. The molecule has 2 rings (SSSR count). The Balaban J connectivity index is 2.24. The molecule has 3 atom stereocenters. The van der Waals surface area contributed by atoms with Crippen LogP contribution in [0.4, 0.5) is 4.79 Å². The van der Waals surface area contributed by atoms with Gasteiger partial charge in [0.15, 0.2) is 0 Å². The molecule has 2 aliphatic heterocycles. The average Bonchev–Trinajstić information content (AvgIpc) is 2.53. The van der Waals surface area contributed by atoms with Crippen molar-refractivity contribution in [2.45, 2.75) is 70.0 Å². The van der Waals surface area contributed by atoms with Crippen molar-refractivity contribution < 1.29 is 29.6 Å². The summed E-state index contributed by atoms with van der Waals surface area (Å²) in [5, 5.41) is 30.5. The molecular formula is C14H26N2O6. The highest BCUT2D eigenvalue weighted by Gasteiger charge is 2.57. The van der Waals surface area contributed by atoms with Crippen LogP contribution in [0.25, 0.3) is 0 Å². The molecule has 8 nitrogen and oxygen atoms in total. The molecule has 2 bridgehead atoms. The molecule has 2 fully saturated rings. The Morgan fingerprint density at radius 1 is 1.36 bits per heavy atom. The number of rotatable bonds is 3. The third kappa shape index (κ3) is 3.52. The highest BCUT2D eigenvalue weighted by molar-refractivity contribution is 5.71. The standard InChI is InChI=1S/C14H26N2O6/c1-9(21-14(18,19)20)13-6-5-10(7-15-8-13)16(13)11(17)22-12(2,3)4/h9-10,15,18-20H,5-8H2,1-4H3. The van der Waals surface area contributed by atoms with Crippen molar-refractivity contribution in [2.75, 3.05) is 13.1 Å². The first-order chi connectivity index (χ1) is 9.95. The minimum atomic E-state index is -3.23. The Hall–Kier alpha value is -0.930. The molecule has 128 valence electrons. The van der Waals surface area contributed by atoms with Crippen LogP contribution in [-0.4, -0.2) is 68.8 Å². The second-order valence-corrected chi connectivity index (χ2v) is 7.11. The minimum Gasteiger partial charge on any atom is -0.444 e. The molecule has 2 aliphatic rings. The first-order valence-corrected chi connectivity index (χ1v) is 7.53. The van der Waals surface area contributed by atoms with Gasteiger partial charge in [0.05, 0.1) is 11.6 Å². The lowest BCUT2D eigenvalue weighted by Gasteiger charge is -2.48. The van der Waals surface area contributed by atoms with Gasteiger partial charge in [-0.05, 0) is 40.5 Å². The van der Waals surface area contributed by atoms with Crippen LogP contribution < -0.4 is 5.32 Å². The molecule has 1 amide bonds. The molecule has 0 aliphatic carbocycles. The maximum Gasteiger partial charge on any atom is 0.411 e. The van der Waals surface area contributed by atoms with Crippen molar-refractivity contribution in [3.8, 4) is 0 Å². The van der Waals surface area contributed by atoms with E-state index in [1.54, 1.807) is 32.6 Å². The summed E-state index contributed by atoms with van der Waals surface area (Å²) >= 11 is 0. The fourth-order valence-corrected chi connectivity index (χ4v) is 3.38. The van der Waals surface area contributed by atoms with Gasteiger partial charge in [-0.2, -0.15) is 0 Å². The molecule has 0 aromatic rings. The highest BCUT2D eigenvalue weighted by Crippen LogP contribution is 2.41. The van der Waals surface area contributed by atoms with Gasteiger partial charge in [0.25, 0.3) is 0 Å². The van der Waals surface area contributed by atoms with Crippen LogP contribution in [0.15, 0.2) is 0 Å². The van der Waals surface area contributed by atoms with Crippen molar-refractivity contribution in [3.63, 3.8) is 0 Å². The normalized spacial score (nSPS) is 30.3. The molecule has 3 unspecified atom stereocenters. The van der Waals surface area contributed by atoms with Gasteiger partial charge < -0.3 is 25.4 Å². The largest absolute Gasteiger partial charge is 0.444 e. The van der Waals surface area contributed by atoms with E-state index in [1.165, 1.54) is 0 Å². The fourth-order valence-electron chi connectivity index (χ4n) is 3.38. The van der Waals surface area contributed by atoms with Crippen LogP contribution in [-0.2, 0) is 9.47 Å². The van der Waals surface area contributed by atoms with Gasteiger partial charge >= 0.3 is 12.3 Å². The Morgan fingerprint density at radius 3 is 2.55 bits per heavy atom. The molecule has 0 aromatic carbocycles. The van der Waals surface area contributed by atoms with Crippen LogP contribution in [0.3, 0.4) is 0 Å². The topological polar surface area (TPSA) is 111 Å². The molecule has 0 spiro atoms. The number of ether oxygens (including phenoxy) is 2. The quantitative estimate of drug-likeness (QED) is 0.530. The fraction of sp³-hybridized carbons (Fsp3) is 0.929. The zero-order valence-electron chi connectivity index (χ0n) is 13.5. The first kappa shape index (κ1) is 17.4. The van der Waals surface area contributed by atoms with E-state index in [9.17, 15) is 4.79 Å².